The van der Waals surface area contributed by atoms with Crippen molar-refractivity contribution in [3.63, 3.8) is 0 Å². The summed E-state index contributed by atoms with van der Waals surface area (Å²) in [5, 5.41) is 0. The summed E-state index contributed by atoms with van der Waals surface area (Å²) in [6.45, 7) is 0.246. The second-order valence-corrected chi connectivity index (χ2v) is 4.70. The van der Waals surface area contributed by atoms with E-state index in [2.05, 4.69) is 0 Å². The fourth-order valence-corrected chi connectivity index (χ4v) is 1.98. The van der Waals surface area contributed by atoms with Gasteiger partial charge < -0.3 is 15.2 Å². The molecule has 0 amide bonds. The van der Waals surface area contributed by atoms with Gasteiger partial charge >= 0.3 is 0 Å². The minimum Gasteiger partial charge on any atom is -0.493 e. The number of ether oxygens (including phenoxy) is 2. The molecule has 2 N–H and O–H groups in total. The Bertz CT molecular complexity index is 416. The Morgan fingerprint density at radius 3 is 2.47 bits per heavy atom. The van der Waals surface area contributed by atoms with Crippen LogP contribution in [-0.2, 0) is 17.8 Å². The molecule has 0 spiro atoms. The highest BCUT2D eigenvalue weighted by Crippen LogP contribution is 2.38. The zero-order valence-corrected chi connectivity index (χ0v) is 10.3. The largest absolute Gasteiger partial charge is 0.493 e. The molecule has 1 aliphatic carbocycles. The molecule has 1 aromatic carbocycles. The van der Waals surface area contributed by atoms with Crippen molar-refractivity contribution >= 4 is 0 Å². The van der Waals surface area contributed by atoms with Crippen molar-refractivity contribution in [2.24, 2.45) is 5.73 Å². The molecule has 0 radical (unpaired) electrons. The van der Waals surface area contributed by atoms with Crippen LogP contribution in [-0.4, -0.2) is 19.8 Å². The van der Waals surface area contributed by atoms with Gasteiger partial charge in [0.2, 0.25) is 0 Å². The van der Waals surface area contributed by atoms with E-state index in [1.807, 2.05) is 6.07 Å². The average Bonchev–Trinajstić information content (AvgIpc) is 3.01. The normalized spacial score (nSPS) is 16.9. The molecule has 94 valence electrons. The highest BCUT2D eigenvalue weighted by molar-refractivity contribution is 5.41. The quantitative estimate of drug-likeness (QED) is 0.855. The number of hydrogen-bond donors (Lipinski definition) is 1. The Kier molecular flexibility index (Phi) is 3.35. The van der Waals surface area contributed by atoms with Crippen molar-refractivity contribution in [2.75, 3.05) is 14.2 Å². The van der Waals surface area contributed by atoms with Gasteiger partial charge in [0.25, 0.3) is 0 Å². The first-order valence-corrected chi connectivity index (χ1v) is 5.72. The first-order chi connectivity index (χ1) is 8.09. The SMILES string of the molecule is COCc1ccc(CC2(N)CC2)c(OC)c1F. The maximum absolute atomic E-state index is 14.1. The van der Waals surface area contributed by atoms with Gasteiger partial charge in [0.05, 0.1) is 13.7 Å². The van der Waals surface area contributed by atoms with Crippen molar-refractivity contribution in [3.8, 4) is 5.75 Å². The van der Waals surface area contributed by atoms with Crippen LogP contribution >= 0.6 is 0 Å². The van der Waals surface area contributed by atoms with Gasteiger partial charge in [-0.1, -0.05) is 12.1 Å². The summed E-state index contributed by atoms with van der Waals surface area (Å²) in [5.74, 6) is -0.0348. The molecule has 0 bridgehead atoms. The summed E-state index contributed by atoms with van der Waals surface area (Å²) in [6, 6.07) is 3.62. The zero-order valence-electron chi connectivity index (χ0n) is 10.3. The number of hydrogen-bond acceptors (Lipinski definition) is 3. The molecular formula is C13H18FNO2. The van der Waals surface area contributed by atoms with Gasteiger partial charge in [-0.05, 0) is 24.8 Å². The highest BCUT2D eigenvalue weighted by Gasteiger charge is 2.39. The maximum Gasteiger partial charge on any atom is 0.170 e. The third-order valence-electron chi connectivity index (χ3n) is 3.20. The van der Waals surface area contributed by atoms with Crippen LogP contribution < -0.4 is 10.5 Å². The van der Waals surface area contributed by atoms with Crippen LogP contribution in [0, 0.1) is 5.82 Å². The monoisotopic (exact) mass is 239 g/mol. The molecule has 1 saturated carbocycles. The van der Waals surface area contributed by atoms with Crippen LogP contribution in [0.2, 0.25) is 0 Å². The second kappa shape index (κ2) is 4.63. The molecule has 17 heavy (non-hydrogen) atoms. The average molecular weight is 239 g/mol. The molecule has 0 unspecified atom stereocenters. The fourth-order valence-electron chi connectivity index (χ4n) is 1.98. The van der Waals surface area contributed by atoms with E-state index in [0.717, 1.165) is 18.4 Å². The Balaban J connectivity index is 2.29. The third-order valence-corrected chi connectivity index (χ3v) is 3.20. The molecule has 1 fully saturated rings. The van der Waals surface area contributed by atoms with Crippen LogP contribution in [0.1, 0.15) is 24.0 Å². The van der Waals surface area contributed by atoms with Crippen LogP contribution in [0.15, 0.2) is 12.1 Å². The van der Waals surface area contributed by atoms with Gasteiger partial charge in [-0.2, -0.15) is 0 Å². The van der Waals surface area contributed by atoms with Gasteiger partial charge in [0.15, 0.2) is 11.6 Å². The molecule has 0 saturated heterocycles. The summed E-state index contributed by atoms with van der Waals surface area (Å²) in [7, 11) is 3.02. The third kappa shape index (κ3) is 2.58. The van der Waals surface area contributed by atoms with Crippen LogP contribution in [0.5, 0.6) is 5.75 Å². The summed E-state index contributed by atoms with van der Waals surface area (Å²) in [6.07, 6.45) is 2.66. The Hall–Kier alpha value is -1.13. The summed E-state index contributed by atoms with van der Waals surface area (Å²) < 4.78 is 24.2. The second-order valence-electron chi connectivity index (χ2n) is 4.70. The first kappa shape index (κ1) is 12.3. The number of benzene rings is 1. The molecule has 3 nitrogen and oxygen atoms in total. The summed E-state index contributed by atoms with van der Waals surface area (Å²) in [5.41, 5.74) is 7.24. The van der Waals surface area contributed by atoms with Gasteiger partial charge in [0, 0.05) is 18.2 Å². The van der Waals surface area contributed by atoms with E-state index in [1.165, 1.54) is 7.11 Å². The maximum atomic E-state index is 14.1. The minimum atomic E-state index is -0.337. The van der Waals surface area contributed by atoms with Crippen molar-refractivity contribution in [3.05, 3.63) is 29.1 Å². The summed E-state index contributed by atoms with van der Waals surface area (Å²) >= 11 is 0. The molecule has 4 heteroatoms. The van der Waals surface area contributed by atoms with Gasteiger partial charge in [-0.25, -0.2) is 4.39 Å². The molecule has 0 heterocycles. The van der Waals surface area contributed by atoms with Crippen LogP contribution in [0.25, 0.3) is 0 Å². The molecular weight excluding hydrogens is 221 g/mol. The lowest BCUT2D eigenvalue weighted by molar-refractivity contribution is 0.180. The number of nitrogens with two attached hydrogens (primary N) is 1. The van der Waals surface area contributed by atoms with Crippen molar-refractivity contribution in [1.29, 1.82) is 0 Å². The number of halogens is 1. The lowest BCUT2D eigenvalue weighted by Gasteiger charge is -2.15. The van der Waals surface area contributed by atoms with E-state index in [0.29, 0.717) is 17.7 Å². The molecule has 0 atom stereocenters. The van der Waals surface area contributed by atoms with E-state index in [1.54, 1.807) is 13.2 Å². The predicted octanol–water partition coefficient (Wildman–Crippen LogP) is 2.01. The fraction of sp³-hybridized carbons (Fsp3) is 0.538. The highest BCUT2D eigenvalue weighted by atomic mass is 19.1. The van der Waals surface area contributed by atoms with E-state index >= 15 is 0 Å². The predicted molar refractivity (Wildman–Crippen MR) is 63.5 cm³/mol. The van der Waals surface area contributed by atoms with E-state index < -0.39 is 0 Å². The van der Waals surface area contributed by atoms with Crippen LogP contribution in [0.3, 0.4) is 0 Å². The topological polar surface area (TPSA) is 44.5 Å². The number of rotatable bonds is 5. The first-order valence-electron chi connectivity index (χ1n) is 5.72. The van der Waals surface area contributed by atoms with Crippen molar-refractivity contribution in [1.82, 2.24) is 0 Å². The lowest BCUT2D eigenvalue weighted by Crippen LogP contribution is -2.25. The van der Waals surface area contributed by atoms with Gasteiger partial charge in [0.1, 0.15) is 0 Å². The zero-order chi connectivity index (χ0) is 12.5. The smallest absolute Gasteiger partial charge is 0.170 e. The molecule has 2 rings (SSSR count). The van der Waals surface area contributed by atoms with Gasteiger partial charge in [-0.15, -0.1) is 0 Å². The summed E-state index contributed by atoms with van der Waals surface area (Å²) in [4.78, 5) is 0. The molecule has 1 aromatic rings. The molecule has 0 aliphatic heterocycles. The van der Waals surface area contributed by atoms with Crippen LogP contribution in [0.4, 0.5) is 4.39 Å². The van der Waals surface area contributed by atoms with E-state index in [-0.39, 0.29) is 18.0 Å². The minimum absolute atomic E-state index is 0.150. The van der Waals surface area contributed by atoms with E-state index in [9.17, 15) is 4.39 Å². The van der Waals surface area contributed by atoms with E-state index in [4.69, 9.17) is 15.2 Å². The molecule has 0 aromatic heterocycles. The lowest BCUT2D eigenvalue weighted by atomic mass is 10.0. The van der Waals surface area contributed by atoms with Crippen molar-refractivity contribution < 1.29 is 13.9 Å². The standard InChI is InChI=1S/C13H18FNO2/c1-16-8-10-4-3-9(7-13(15)5-6-13)12(17-2)11(10)14/h3-4H,5-8,15H2,1-2H3. The number of methoxy groups -OCH3 is 2. The Morgan fingerprint density at radius 1 is 1.29 bits per heavy atom. The Morgan fingerprint density at radius 2 is 1.94 bits per heavy atom. The van der Waals surface area contributed by atoms with Gasteiger partial charge in [-0.3, -0.25) is 0 Å². The van der Waals surface area contributed by atoms with Crippen molar-refractivity contribution in [2.45, 2.75) is 31.4 Å². The Labute approximate surface area is 101 Å². The molecule has 1 aliphatic rings.